The van der Waals surface area contributed by atoms with E-state index < -0.39 is 29.4 Å². The predicted octanol–water partition coefficient (Wildman–Crippen LogP) is 3.53. The Hall–Kier alpha value is -2.54. The third-order valence-corrected chi connectivity index (χ3v) is 5.07. The molecular formula is C21H23F3N2O2. The summed E-state index contributed by atoms with van der Waals surface area (Å²) in [4.78, 5) is 11.2. The van der Waals surface area contributed by atoms with Gasteiger partial charge in [-0.2, -0.15) is 0 Å². The Kier molecular flexibility index (Phi) is 6.24. The summed E-state index contributed by atoms with van der Waals surface area (Å²) in [6, 6.07) is 4.68. The first kappa shape index (κ1) is 20.2. The zero-order chi connectivity index (χ0) is 20.3. The summed E-state index contributed by atoms with van der Waals surface area (Å²) < 4.78 is 46.3. The highest BCUT2D eigenvalue weighted by Gasteiger charge is 2.20. The number of hydrogen-bond donors (Lipinski definition) is 2. The molecule has 2 aromatic carbocycles. The Morgan fingerprint density at radius 3 is 2.57 bits per heavy atom. The van der Waals surface area contributed by atoms with Gasteiger partial charge in [0, 0.05) is 18.2 Å². The van der Waals surface area contributed by atoms with Crippen molar-refractivity contribution in [2.24, 2.45) is 5.73 Å². The maximum Gasteiger partial charge on any atom is 0.234 e. The molecule has 7 heteroatoms. The number of carbonyl (C=O) groups is 1. The maximum absolute atomic E-state index is 13.9. The third kappa shape index (κ3) is 4.47. The van der Waals surface area contributed by atoms with Gasteiger partial charge < -0.3 is 15.8 Å². The summed E-state index contributed by atoms with van der Waals surface area (Å²) in [5.74, 6) is -3.00. The molecule has 1 atom stereocenters. The SMILES string of the molecule is C[C@H](NCc1ccc(OCc2cc(F)cc(F)c2F)c2c1CCCC2)C(N)=O. The van der Waals surface area contributed by atoms with E-state index >= 15 is 0 Å². The molecule has 3 N–H and O–H groups in total. The lowest BCUT2D eigenvalue weighted by Gasteiger charge is -2.23. The lowest BCUT2D eigenvalue weighted by Crippen LogP contribution is -2.38. The normalized spacial score (nSPS) is 14.4. The summed E-state index contributed by atoms with van der Waals surface area (Å²) in [5.41, 5.74) is 8.34. The van der Waals surface area contributed by atoms with Gasteiger partial charge >= 0.3 is 0 Å². The summed E-state index contributed by atoms with van der Waals surface area (Å²) in [6.45, 7) is 1.94. The molecule has 1 amide bonds. The summed E-state index contributed by atoms with van der Waals surface area (Å²) in [6.07, 6.45) is 3.72. The van der Waals surface area contributed by atoms with Gasteiger partial charge in [-0.1, -0.05) is 6.07 Å². The summed E-state index contributed by atoms with van der Waals surface area (Å²) >= 11 is 0. The molecule has 0 radical (unpaired) electrons. The first-order valence-corrected chi connectivity index (χ1v) is 9.29. The number of fused-ring (bicyclic) bond motifs is 1. The van der Waals surface area contributed by atoms with Crippen LogP contribution in [0.2, 0.25) is 0 Å². The Bertz CT molecular complexity index is 886. The van der Waals surface area contributed by atoms with Gasteiger partial charge in [-0.25, -0.2) is 13.2 Å². The van der Waals surface area contributed by atoms with Gasteiger partial charge in [0.15, 0.2) is 11.6 Å². The van der Waals surface area contributed by atoms with Crippen molar-refractivity contribution in [2.45, 2.75) is 51.8 Å². The average Bonchev–Trinajstić information content (AvgIpc) is 2.68. The van der Waals surface area contributed by atoms with E-state index in [4.69, 9.17) is 10.5 Å². The van der Waals surface area contributed by atoms with Crippen LogP contribution in [0.3, 0.4) is 0 Å². The molecule has 0 aliphatic heterocycles. The van der Waals surface area contributed by atoms with Gasteiger partial charge in [-0.3, -0.25) is 4.79 Å². The standard InChI is InChI=1S/C21H23F3N2O2/c1-12(21(25)27)26-10-13-6-7-19(17-5-3-2-4-16(13)17)28-11-14-8-15(22)9-18(23)20(14)24/h6-9,12,26H,2-5,10-11H2,1H3,(H2,25,27)/t12-/m0/s1. The number of nitrogens with one attached hydrogen (secondary N) is 1. The van der Waals surface area contributed by atoms with Crippen molar-refractivity contribution < 1.29 is 22.7 Å². The molecule has 28 heavy (non-hydrogen) atoms. The van der Waals surface area contributed by atoms with Gasteiger partial charge in [-0.15, -0.1) is 0 Å². The van der Waals surface area contributed by atoms with Crippen molar-refractivity contribution in [1.29, 1.82) is 0 Å². The number of benzene rings is 2. The van der Waals surface area contributed by atoms with E-state index in [0.29, 0.717) is 18.4 Å². The largest absolute Gasteiger partial charge is 0.489 e. The molecule has 2 aromatic rings. The molecular weight excluding hydrogens is 369 g/mol. The quantitative estimate of drug-likeness (QED) is 0.709. The molecule has 150 valence electrons. The molecule has 0 spiro atoms. The lowest BCUT2D eigenvalue weighted by atomic mass is 9.87. The Morgan fingerprint density at radius 2 is 1.86 bits per heavy atom. The summed E-state index contributed by atoms with van der Waals surface area (Å²) in [5, 5.41) is 3.10. The fourth-order valence-electron chi connectivity index (χ4n) is 3.44. The van der Waals surface area contributed by atoms with Crippen LogP contribution in [-0.4, -0.2) is 11.9 Å². The van der Waals surface area contributed by atoms with E-state index in [-0.39, 0.29) is 12.2 Å². The highest BCUT2D eigenvalue weighted by Crippen LogP contribution is 2.33. The molecule has 0 heterocycles. The number of ether oxygens (including phenoxy) is 1. The fraction of sp³-hybridized carbons (Fsp3) is 0.381. The minimum atomic E-state index is -1.23. The van der Waals surface area contributed by atoms with E-state index in [9.17, 15) is 18.0 Å². The second kappa shape index (κ2) is 8.65. The highest BCUT2D eigenvalue weighted by molar-refractivity contribution is 5.79. The van der Waals surface area contributed by atoms with Crippen LogP contribution >= 0.6 is 0 Å². The zero-order valence-corrected chi connectivity index (χ0v) is 15.7. The smallest absolute Gasteiger partial charge is 0.234 e. The molecule has 0 saturated heterocycles. The lowest BCUT2D eigenvalue weighted by molar-refractivity contribution is -0.119. The maximum atomic E-state index is 13.9. The third-order valence-electron chi connectivity index (χ3n) is 5.07. The Labute approximate surface area is 161 Å². The number of hydrogen-bond acceptors (Lipinski definition) is 3. The van der Waals surface area contributed by atoms with Gasteiger partial charge in [0.2, 0.25) is 5.91 Å². The molecule has 1 aliphatic carbocycles. The van der Waals surface area contributed by atoms with Crippen LogP contribution in [0.15, 0.2) is 24.3 Å². The molecule has 0 saturated carbocycles. The zero-order valence-electron chi connectivity index (χ0n) is 15.7. The van der Waals surface area contributed by atoms with E-state index in [0.717, 1.165) is 48.4 Å². The minimum absolute atomic E-state index is 0.164. The molecule has 0 bridgehead atoms. The van der Waals surface area contributed by atoms with Gasteiger partial charge in [0.25, 0.3) is 0 Å². The Morgan fingerprint density at radius 1 is 1.14 bits per heavy atom. The van der Waals surface area contributed by atoms with Crippen LogP contribution in [0.25, 0.3) is 0 Å². The van der Waals surface area contributed by atoms with Gasteiger partial charge in [0.1, 0.15) is 18.2 Å². The number of amides is 1. The van der Waals surface area contributed by atoms with Crippen LogP contribution in [0.5, 0.6) is 5.75 Å². The molecule has 0 aromatic heterocycles. The van der Waals surface area contributed by atoms with Crippen LogP contribution in [0.4, 0.5) is 13.2 Å². The molecule has 3 rings (SSSR count). The van der Waals surface area contributed by atoms with Crippen LogP contribution in [0, 0.1) is 17.5 Å². The average molecular weight is 392 g/mol. The van der Waals surface area contributed by atoms with Crippen molar-refractivity contribution in [3.05, 3.63) is 64.0 Å². The first-order valence-electron chi connectivity index (χ1n) is 9.29. The monoisotopic (exact) mass is 392 g/mol. The number of rotatable bonds is 7. The molecule has 0 fully saturated rings. The van der Waals surface area contributed by atoms with E-state index in [1.807, 2.05) is 6.07 Å². The van der Waals surface area contributed by atoms with Crippen molar-refractivity contribution in [3.63, 3.8) is 0 Å². The van der Waals surface area contributed by atoms with Crippen molar-refractivity contribution >= 4 is 5.91 Å². The van der Waals surface area contributed by atoms with Crippen LogP contribution in [-0.2, 0) is 30.8 Å². The minimum Gasteiger partial charge on any atom is -0.489 e. The van der Waals surface area contributed by atoms with Crippen molar-refractivity contribution in [1.82, 2.24) is 5.32 Å². The first-order chi connectivity index (χ1) is 13.4. The fourth-order valence-corrected chi connectivity index (χ4v) is 3.44. The number of halogens is 3. The molecule has 4 nitrogen and oxygen atoms in total. The number of primary amides is 1. The number of nitrogens with two attached hydrogens (primary N) is 1. The van der Waals surface area contributed by atoms with E-state index in [1.54, 1.807) is 13.0 Å². The Balaban J connectivity index is 1.80. The topological polar surface area (TPSA) is 64.3 Å². The van der Waals surface area contributed by atoms with Gasteiger partial charge in [0.05, 0.1) is 6.04 Å². The molecule has 1 aliphatic rings. The molecule has 0 unspecified atom stereocenters. The van der Waals surface area contributed by atoms with E-state index in [1.165, 1.54) is 0 Å². The van der Waals surface area contributed by atoms with Crippen molar-refractivity contribution in [3.8, 4) is 5.75 Å². The second-order valence-corrected chi connectivity index (χ2v) is 7.04. The van der Waals surface area contributed by atoms with Crippen LogP contribution in [0.1, 0.15) is 42.0 Å². The predicted molar refractivity (Wildman–Crippen MR) is 99.2 cm³/mol. The van der Waals surface area contributed by atoms with Gasteiger partial charge in [-0.05, 0) is 61.4 Å². The number of carbonyl (C=O) groups excluding carboxylic acids is 1. The van der Waals surface area contributed by atoms with Crippen molar-refractivity contribution in [2.75, 3.05) is 0 Å². The second-order valence-electron chi connectivity index (χ2n) is 7.04. The highest BCUT2D eigenvalue weighted by atomic mass is 19.2. The summed E-state index contributed by atoms with van der Waals surface area (Å²) in [7, 11) is 0. The van der Waals surface area contributed by atoms with Crippen LogP contribution < -0.4 is 15.8 Å². The van der Waals surface area contributed by atoms with E-state index in [2.05, 4.69) is 5.32 Å².